The molecule has 0 aliphatic heterocycles. The van der Waals surface area contributed by atoms with Crippen LogP contribution in [0.15, 0.2) is 58.8 Å². The van der Waals surface area contributed by atoms with Crippen molar-refractivity contribution in [1.82, 2.24) is 4.98 Å². The Hall–Kier alpha value is -3.04. The number of carbonyl (C=O) groups excluding carboxylic acids is 2. The van der Waals surface area contributed by atoms with Crippen LogP contribution in [0.4, 0.5) is 5.13 Å². The van der Waals surface area contributed by atoms with E-state index in [4.69, 9.17) is 0 Å². The van der Waals surface area contributed by atoms with Gasteiger partial charge in [-0.1, -0.05) is 31.2 Å². The first-order valence-electron chi connectivity index (χ1n) is 8.63. The molecule has 150 valence electrons. The molecule has 0 aliphatic carbocycles. The van der Waals surface area contributed by atoms with Crippen molar-refractivity contribution in [3.05, 3.63) is 65.0 Å². The Bertz CT molecular complexity index is 1150. The van der Waals surface area contributed by atoms with Crippen LogP contribution in [0, 0.1) is 0 Å². The summed E-state index contributed by atoms with van der Waals surface area (Å²) in [6.07, 6.45) is 0. The van der Waals surface area contributed by atoms with Gasteiger partial charge in [-0.05, 0) is 24.3 Å². The molecule has 0 aliphatic rings. The third-order valence-electron chi connectivity index (χ3n) is 4.17. The molecule has 3 aromatic rings. The Kier molecular flexibility index (Phi) is 6.09. The summed E-state index contributed by atoms with van der Waals surface area (Å²) >= 11 is 1.22. The largest absolute Gasteiger partial charge is 0.465 e. The molecular formula is C20H18N2O5S2. The first-order valence-corrected chi connectivity index (χ1v) is 11.2. The average Bonchev–Trinajstić information content (AvgIpc) is 3.21. The van der Waals surface area contributed by atoms with Gasteiger partial charge in [0.1, 0.15) is 0 Å². The molecule has 0 bridgehead atoms. The quantitative estimate of drug-likeness (QED) is 0.599. The van der Waals surface area contributed by atoms with Crippen LogP contribution in [-0.2, 0) is 14.6 Å². The number of thiazole rings is 1. The van der Waals surface area contributed by atoms with Gasteiger partial charge in [-0.3, -0.25) is 10.1 Å². The second kappa shape index (κ2) is 8.54. The number of sulfone groups is 1. The van der Waals surface area contributed by atoms with Crippen LogP contribution in [0.5, 0.6) is 0 Å². The standard InChI is InChI=1S/C20H18N2O5S2/c1-3-29(25,26)17-7-5-4-6-15(17)18(23)22-20-21-16(12-28-20)13-8-10-14(11-9-13)19(24)27-2/h4-12H,3H2,1-2H3,(H,21,22,23). The molecule has 0 spiro atoms. The number of ether oxygens (including phenoxy) is 1. The van der Waals surface area contributed by atoms with E-state index >= 15 is 0 Å². The molecule has 2 aromatic carbocycles. The fourth-order valence-corrected chi connectivity index (χ4v) is 4.41. The van der Waals surface area contributed by atoms with Gasteiger partial charge in [-0.25, -0.2) is 18.2 Å². The van der Waals surface area contributed by atoms with E-state index in [1.54, 1.807) is 41.8 Å². The lowest BCUT2D eigenvalue weighted by Gasteiger charge is -2.08. The van der Waals surface area contributed by atoms with Crippen molar-refractivity contribution >= 4 is 38.2 Å². The predicted molar refractivity (Wildman–Crippen MR) is 111 cm³/mol. The summed E-state index contributed by atoms with van der Waals surface area (Å²) in [7, 11) is -2.22. The fraction of sp³-hybridized carbons (Fsp3) is 0.150. The summed E-state index contributed by atoms with van der Waals surface area (Å²) in [6, 6.07) is 12.8. The van der Waals surface area contributed by atoms with E-state index in [0.717, 1.165) is 5.56 Å². The van der Waals surface area contributed by atoms with Crippen molar-refractivity contribution in [2.75, 3.05) is 18.2 Å². The summed E-state index contributed by atoms with van der Waals surface area (Å²) in [6.45, 7) is 1.53. The van der Waals surface area contributed by atoms with Crippen LogP contribution in [-0.4, -0.2) is 38.1 Å². The van der Waals surface area contributed by atoms with Gasteiger partial charge in [0.25, 0.3) is 5.91 Å². The van der Waals surface area contributed by atoms with Gasteiger partial charge in [0, 0.05) is 10.9 Å². The van der Waals surface area contributed by atoms with Crippen LogP contribution in [0.1, 0.15) is 27.6 Å². The summed E-state index contributed by atoms with van der Waals surface area (Å²) in [5, 5.41) is 4.75. The Morgan fingerprint density at radius 1 is 1.10 bits per heavy atom. The van der Waals surface area contributed by atoms with Gasteiger partial charge in [0.2, 0.25) is 0 Å². The highest BCUT2D eigenvalue weighted by atomic mass is 32.2. The molecule has 7 nitrogen and oxygen atoms in total. The number of hydrogen-bond donors (Lipinski definition) is 1. The lowest BCUT2D eigenvalue weighted by atomic mass is 10.1. The number of nitrogens with one attached hydrogen (secondary N) is 1. The third-order valence-corrected chi connectivity index (χ3v) is 6.72. The van der Waals surface area contributed by atoms with Crippen molar-refractivity contribution in [1.29, 1.82) is 0 Å². The normalized spacial score (nSPS) is 11.1. The Balaban J connectivity index is 1.81. The smallest absolute Gasteiger partial charge is 0.337 e. The van der Waals surface area contributed by atoms with E-state index in [9.17, 15) is 18.0 Å². The summed E-state index contributed by atoms with van der Waals surface area (Å²) < 4.78 is 29.1. The van der Waals surface area contributed by atoms with Crippen molar-refractivity contribution < 1.29 is 22.7 Å². The van der Waals surface area contributed by atoms with Crippen LogP contribution in [0.2, 0.25) is 0 Å². The van der Waals surface area contributed by atoms with Gasteiger partial charge in [-0.15, -0.1) is 11.3 Å². The fourth-order valence-electron chi connectivity index (χ4n) is 2.60. The van der Waals surface area contributed by atoms with Crippen molar-refractivity contribution in [3.63, 3.8) is 0 Å². The number of hydrogen-bond acceptors (Lipinski definition) is 7. The van der Waals surface area contributed by atoms with Crippen LogP contribution < -0.4 is 5.32 Å². The number of esters is 1. The highest BCUT2D eigenvalue weighted by Gasteiger charge is 2.21. The molecule has 0 saturated carbocycles. The number of carbonyl (C=O) groups is 2. The second-order valence-corrected chi connectivity index (χ2v) is 9.07. The third kappa shape index (κ3) is 4.52. The highest BCUT2D eigenvalue weighted by Crippen LogP contribution is 2.26. The van der Waals surface area contributed by atoms with E-state index in [1.165, 1.54) is 37.5 Å². The molecular weight excluding hydrogens is 412 g/mol. The number of rotatable bonds is 6. The van der Waals surface area contributed by atoms with Crippen molar-refractivity contribution in [2.45, 2.75) is 11.8 Å². The lowest BCUT2D eigenvalue weighted by molar-refractivity contribution is 0.0600. The Morgan fingerprint density at radius 3 is 2.45 bits per heavy atom. The lowest BCUT2D eigenvalue weighted by Crippen LogP contribution is -2.17. The molecule has 9 heteroatoms. The molecule has 0 atom stereocenters. The molecule has 29 heavy (non-hydrogen) atoms. The highest BCUT2D eigenvalue weighted by molar-refractivity contribution is 7.91. The van der Waals surface area contributed by atoms with Crippen molar-refractivity contribution in [3.8, 4) is 11.3 Å². The maximum atomic E-state index is 12.6. The zero-order valence-corrected chi connectivity index (χ0v) is 17.3. The molecule has 0 fully saturated rings. The number of nitrogens with zero attached hydrogens (tertiary/aromatic N) is 1. The first-order chi connectivity index (χ1) is 13.9. The van der Waals surface area contributed by atoms with Crippen molar-refractivity contribution in [2.24, 2.45) is 0 Å². The minimum atomic E-state index is -3.53. The van der Waals surface area contributed by atoms with E-state index in [1.807, 2.05) is 0 Å². The molecule has 3 rings (SSSR count). The van der Waals surface area contributed by atoms with Crippen LogP contribution >= 0.6 is 11.3 Å². The number of anilines is 1. The topological polar surface area (TPSA) is 102 Å². The van der Waals surface area contributed by atoms with Crippen LogP contribution in [0.25, 0.3) is 11.3 Å². The molecule has 1 aromatic heterocycles. The summed E-state index contributed by atoms with van der Waals surface area (Å²) in [5.41, 5.74) is 1.89. The number of methoxy groups -OCH3 is 1. The molecule has 0 radical (unpaired) electrons. The molecule has 0 unspecified atom stereocenters. The Labute approximate surface area is 172 Å². The number of aromatic nitrogens is 1. The maximum absolute atomic E-state index is 12.6. The maximum Gasteiger partial charge on any atom is 0.337 e. The van der Waals surface area contributed by atoms with E-state index < -0.39 is 21.7 Å². The monoisotopic (exact) mass is 430 g/mol. The summed E-state index contributed by atoms with van der Waals surface area (Å²) in [5.74, 6) is -1.07. The Morgan fingerprint density at radius 2 is 1.79 bits per heavy atom. The SMILES string of the molecule is CCS(=O)(=O)c1ccccc1C(=O)Nc1nc(-c2ccc(C(=O)OC)cc2)cs1. The van der Waals surface area contributed by atoms with Crippen LogP contribution in [0.3, 0.4) is 0 Å². The predicted octanol–water partition coefficient (Wildman–Crippen LogP) is 3.64. The van der Waals surface area contributed by atoms with E-state index in [-0.39, 0.29) is 16.2 Å². The van der Waals surface area contributed by atoms with Gasteiger partial charge < -0.3 is 4.74 Å². The van der Waals surface area contributed by atoms with Gasteiger partial charge in [-0.2, -0.15) is 0 Å². The molecule has 1 N–H and O–H groups in total. The number of amides is 1. The number of benzene rings is 2. The minimum absolute atomic E-state index is 0.00446. The second-order valence-electron chi connectivity index (χ2n) is 5.96. The van der Waals surface area contributed by atoms with Gasteiger partial charge in [0.15, 0.2) is 15.0 Å². The average molecular weight is 431 g/mol. The first kappa shape index (κ1) is 20.7. The van der Waals surface area contributed by atoms with Gasteiger partial charge >= 0.3 is 5.97 Å². The van der Waals surface area contributed by atoms with Gasteiger partial charge in [0.05, 0.1) is 34.6 Å². The molecule has 1 amide bonds. The summed E-state index contributed by atoms with van der Waals surface area (Å²) in [4.78, 5) is 28.5. The molecule has 0 saturated heterocycles. The minimum Gasteiger partial charge on any atom is -0.465 e. The van der Waals surface area contributed by atoms with E-state index in [0.29, 0.717) is 16.4 Å². The zero-order chi connectivity index (χ0) is 21.0. The van der Waals surface area contributed by atoms with E-state index in [2.05, 4.69) is 15.0 Å². The molecule has 1 heterocycles. The zero-order valence-electron chi connectivity index (χ0n) is 15.7.